The quantitative estimate of drug-likeness (QED) is 0.571. The molecule has 1 aromatic rings. The number of anilines is 1. The summed E-state index contributed by atoms with van der Waals surface area (Å²) in [4.78, 5) is 7.89. The molecule has 10 heavy (non-hydrogen) atoms. The normalized spacial score (nSPS) is 14.5. The molecule has 2 rings (SSSR count). The molecule has 4 heteroatoms. The molecule has 0 atom stereocenters. The molecular weight excluding hydrogens is 150 g/mol. The Morgan fingerprint density at radius 1 is 1.60 bits per heavy atom. The van der Waals surface area contributed by atoms with E-state index in [0.717, 1.165) is 24.3 Å². The van der Waals surface area contributed by atoms with Gasteiger partial charge in [0.05, 0.1) is 17.6 Å². The van der Waals surface area contributed by atoms with E-state index in [0.29, 0.717) is 5.28 Å². The average molecular weight is 156 g/mol. The Morgan fingerprint density at radius 3 is 3.40 bits per heavy atom. The molecule has 1 N–H and O–H groups in total. The molecule has 0 saturated heterocycles. The SMILES string of the molecule is Clc1ncc2c(n1)CCN2. The molecule has 2 heterocycles. The maximum absolute atomic E-state index is 5.57. The van der Waals surface area contributed by atoms with E-state index in [1.54, 1.807) is 6.20 Å². The van der Waals surface area contributed by atoms with Crippen LogP contribution >= 0.6 is 11.6 Å². The molecule has 1 aliphatic heterocycles. The van der Waals surface area contributed by atoms with Gasteiger partial charge in [-0.2, -0.15) is 0 Å². The third-order valence-corrected chi connectivity index (χ3v) is 1.70. The van der Waals surface area contributed by atoms with Crippen LogP contribution in [0.2, 0.25) is 5.28 Å². The number of fused-ring (bicyclic) bond motifs is 1. The molecule has 0 radical (unpaired) electrons. The zero-order chi connectivity index (χ0) is 6.97. The molecule has 1 aliphatic rings. The molecule has 0 fully saturated rings. The molecule has 0 amide bonds. The molecular formula is C6H6ClN3. The predicted molar refractivity (Wildman–Crippen MR) is 39.2 cm³/mol. The first-order chi connectivity index (χ1) is 4.86. The zero-order valence-corrected chi connectivity index (χ0v) is 6.02. The van der Waals surface area contributed by atoms with Gasteiger partial charge in [0.15, 0.2) is 0 Å². The lowest BCUT2D eigenvalue weighted by atomic mass is 10.3. The van der Waals surface area contributed by atoms with Crippen molar-refractivity contribution in [1.29, 1.82) is 0 Å². The largest absolute Gasteiger partial charge is 0.382 e. The summed E-state index contributed by atoms with van der Waals surface area (Å²) in [5.41, 5.74) is 2.05. The van der Waals surface area contributed by atoms with Gasteiger partial charge in [-0.1, -0.05) is 0 Å². The number of nitrogens with zero attached hydrogens (tertiary/aromatic N) is 2. The topological polar surface area (TPSA) is 37.8 Å². The van der Waals surface area contributed by atoms with Crippen molar-refractivity contribution in [2.45, 2.75) is 6.42 Å². The van der Waals surface area contributed by atoms with Crippen LogP contribution in [0.3, 0.4) is 0 Å². The third kappa shape index (κ3) is 0.827. The number of halogens is 1. The first kappa shape index (κ1) is 5.92. The van der Waals surface area contributed by atoms with Crippen LogP contribution in [-0.2, 0) is 6.42 Å². The Hall–Kier alpha value is -0.830. The molecule has 0 saturated carbocycles. The van der Waals surface area contributed by atoms with Crippen LogP contribution in [-0.4, -0.2) is 16.5 Å². The minimum Gasteiger partial charge on any atom is -0.382 e. The minimum absolute atomic E-state index is 0.336. The minimum atomic E-state index is 0.336. The Kier molecular flexibility index (Phi) is 1.24. The van der Waals surface area contributed by atoms with Crippen LogP contribution in [0.25, 0.3) is 0 Å². The van der Waals surface area contributed by atoms with Crippen molar-refractivity contribution in [1.82, 2.24) is 9.97 Å². The summed E-state index contributed by atoms with van der Waals surface area (Å²) in [5, 5.41) is 3.48. The first-order valence-corrected chi connectivity index (χ1v) is 3.49. The van der Waals surface area contributed by atoms with E-state index in [4.69, 9.17) is 11.6 Å². The fraction of sp³-hybridized carbons (Fsp3) is 0.333. The van der Waals surface area contributed by atoms with Gasteiger partial charge in [0.2, 0.25) is 5.28 Å². The van der Waals surface area contributed by atoms with E-state index in [9.17, 15) is 0 Å². The van der Waals surface area contributed by atoms with Gasteiger partial charge in [-0.3, -0.25) is 0 Å². The molecule has 3 nitrogen and oxygen atoms in total. The summed E-state index contributed by atoms with van der Waals surface area (Å²) in [7, 11) is 0. The van der Waals surface area contributed by atoms with Gasteiger partial charge in [-0.05, 0) is 11.6 Å². The Morgan fingerprint density at radius 2 is 2.50 bits per heavy atom. The first-order valence-electron chi connectivity index (χ1n) is 3.11. The number of rotatable bonds is 0. The lowest BCUT2D eigenvalue weighted by molar-refractivity contribution is 1.02. The fourth-order valence-electron chi connectivity index (χ4n) is 1.05. The highest BCUT2D eigenvalue weighted by molar-refractivity contribution is 6.28. The summed E-state index contributed by atoms with van der Waals surface area (Å²) >= 11 is 5.57. The van der Waals surface area contributed by atoms with Crippen molar-refractivity contribution < 1.29 is 0 Å². The van der Waals surface area contributed by atoms with Crippen molar-refractivity contribution in [3.8, 4) is 0 Å². The molecule has 52 valence electrons. The fourth-order valence-corrected chi connectivity index (χ4v) is 1.20. The number of hydrogen-bond donors (Lipinski definition) is 1. The second-order valence-electron chi connectivity index (χ2n) is 2.18. The van der Waals surface area contributed by atoms with Crippen molar-refractivity contribution in [3.05, 3.63) is 17.2 Å². The van der Waals surface area contributed by atoms with Gasteiger partial charge in [0.25, 0.3) is 0 Å². The van der Waals surface area contributed by atoms with Crippen LogP contribution in [0.4, 0.5) is 5.69 Å². The standard InChI is InChI=1S/C6H6ClN3/c7-6-9-3-5-4(10-6)1-2-8-5/h3,8H,1-2H2. The van der Waals surface area contributed by atoms with Crippen LogP contribution in [0.15, 0.2) is 6.20 Å². The Bertz CT molecular complexity index is 261. The van der Waals surface area contributed by atoms with Crippen molar-refractivity contribution in [2.24, 2.45) is 0 Å². The van der Waals surface area contributed by atoms with Crippen LogP contribution in [0, 0.1) is 0 Å². The number of nitrogens with one attached hydrogen (secondary N) is 1. The second-order valence-corrected chi connectivity index (χ2v) is 2.51. The highest BCUT2D eigenvalue weighted by atomic mass is 35.5. The van der Waals surface area contributed by atoms with Gasteiger partial charge in [0.1, 0.15) is 0 Å². The third-order valence-electron chi connectivity index (χ3n) is 1.52. The van der Waals surface area contributed by atoms with E-state index in [2.05, 4.69) is 15.3 Å². The van der Waals surface area contributed by atoms with Gasteiger partial charge in [0, 0.05) is 13.0 Å². The lowest BCUT2D eigenvalue weighted by Crippen LogP contribution is -1.90. The maximum Gasteiger partial charge on any atom is 0.222 e. The van der Waals surface area contributed by atoms with Gasteiger partial charge < -0.3 is 5.32 Å². The molecule has 0 unspecified atom stereocenters. The Labute approximate surface area is 63.4 Å². The van der Waals surface area contributed by atoms with Crippen LogP contribution < -0.4 is 5.32 Å². The van der Waals surface area contributed by atoms with Crippen molar-refractivity contribution in [3.63, 3.8) is 0 Å². The highest BCUT2D eigenvalue weighted by Crippen LogP contribution is 2.19. The molecule has 0 aliphatic carbocycles. The van der Waals surface area contributed by atoms with E-state index in [-0.39, 0.29) is 0 Å². The van der Waals surface area contributed by atoms with Crippen molar-refractivity contribution >= 4 is 17.3 Å². The summed E-state index contributed by atoms with van der Waals surface area (Å²) in [6, 6.07) is 0. The van der Waals surface area contributed by atoms with E-state index < -0.39 is 0 Å². The summed E-state index contributed by atoms with van der Waals surface area (Å²) in [6.45, 7) is 0.949. The Balaban J connectivity index is 2.52. The molecule has 0 spiro atoms. The maximum atomic E-state index is 5.57. The van der Waals surface area contributed by atoms with Gasteiger partial charge >= 0.3 is 0 Å². The van der Waals surface area contributed by atoms with Crippen molar-refractivity contribution in [2.75, 3.05) is 11.9 Å². The highest BCUT2D eigenvalue weighted by Gasteiger charge is 2.11. The molecule has 1 aromatic heterocycles. The zero-order valence-electron chi connectivity index (χ0n) is 5.26. The van der Waals surface area contributed by atoms with E-state index in [1.807, 2.05) is 0 Å². The summed E-state index contributed by atoms with van der Waals surface area (Å²) in [5.74, 6) is 0. The van der Waals surface area contributed by atoms with Gasteiger partial charge in [-0.25, -0.2) is 9.97 Å². The predicted octanol–water partition coefficient (Wildman–Crippen LogP) is 1.10. The molecule has 0 bridgehead atoms. The average Bonchev–Trinajstić information content (AvgIpc) is 2.33. The van der Waals surface area contributed by atoms with Gasteiger partial charge in [-0.15, -0.1) is 0 Å². The lowest BCUT2D eigenvalue weighted by Gasteiger charge is -1.95. The second kappa shape index (κ2) is 2.09. The van der Waals surface area contributed by atoms with E-state index >= 15 is 0 Å². The summed E-state index contributed by atoms with van der Waals surface area (Å²) in [6.07, 6.45) is 2.68. The molecule has 0 aromatic carbocycles. The van der Waals surface area contributed by atoms with E-state index in [1.165, 1.54) is 0 Å². The monoisotopic (exact) mass is 155 g/mol. The number of hydrogen-bond acceptors (Lipinski definition) is 3. The van der Waals surface area contributed by atoms with Crippen LogP contribution in [0.1, 0.15) is 5.69 Å². The summed E-state index contributed by atoms with van der Waals surface area (Å²) < 4.78 is 0. The van der Waals surface area contributed by atoms with Crippen LogP contribution in [0.5, 0.6) is 0 Å². The number of aromatic nitrogens is 2. The smallest absolute Gasteiger partial charge is 0.222 e.